The average Bonchev–Trinajstić information content (AvgIpc) is 2.99. The molecular formula is C14H22N2O5S2. The Morgan fingerprint density at radius 2 is 1.65 bits per heavy atom. The third-order valence-electron chi connectivity index (χ3n) is 4.14. The lowest BCUT2D eigenvalue weighted by Gasteiger charge is -2.14. The maximum Gasteiger partial charge on any atom is 0.294 e. The zero-order valence-corrected chi connectivity index (χ0v) is 14.7. The van der Waals surface area contributed by atoms with E-state index in [1.165, 1.54) is 18.4 Å². The van der Waals surface area contributed by atoms with E-state index in [0.717, 1.165) is 25.2 Å². The highest BCUT2D eigenvalue weighted by molar-refractivity contribution is 7.91. The van der Waals surface area contributed by atoms with Gasteiger partial charge in [0.25, 0.3) is 10.1 Å². The van der Waals surface area contributed by atoms with E-state index in [-0.39, 0.29) is 10.3 Å². The maximum absolute atomic E-state index is 11.3. The molecule has 0 aliphatic carbocycles. The summed E-state index contributed by atoms with van der Waals surface area (Å²) >= 11 is 0. The van der Waals surface area contributed by atoms with Crippen molar-refractivity contribution in [2.24, 2.45) is 11.8 Å². The summed E-state index contributed by atoms with van der Waals surface area (Å²) in [6.45, 7) is 4.49. The lowest BCUT2D eigenvalue weighted by molar-refractivity contribution is 0.483. The summed E-state index contributed by atoms with van der Waals surface area (Å²) in [6, 6.07) is 5.99. The van der Waals surface area contributed by atoms with Gasteiger partial charge in [-0.15, -0.1) is 0 Å². The van der Waals surface area contributed by atoms with Gasteiger partial charge in [0, 0.05) is 25.3 Å². The lowest BCUT2D eigenvalue weighted by Crippen LogP contribution is -2.37. The lowest BCUT2D eigenvalue weighted by atomic mass is 10.0. The number of rotatable bonds is 2. The molecule has 2 fully saturated rings. The molecule has 0 saturated carbocycles. The molecule has 3 rings (SSSR count). The molecule has 2 saturated heterocycles. The van der Waals surface area contributed by atoms with Crippen LogP contribution in [0.25, 0.3) is 0 Å². The number of benzene rings is 1. The Morgan fingerprint density at radius 1 is 1.04 bits per heavy atom. The molecule has 3 N–H and O–H groups in total. The second-order valence-corrected chi connectivity index (χ2v) is 9.62. The van der Waals surface area contributed by atoms with E-state index in [9.17, 15) is 16.8 Å². The number of nitrogens with one attached hydrogen (secondary N) is 2. The molecule has 1 aromatic carbocycles. The molecule has 0 bridgehead atoms. The van der Waals surface area contributed by atoms with Crippen molar-refractivity contribution < 1.29 is 21.4 Å². The number of fused-ring (bicyclic) bond motifs is 1. The van der Waals surface area contributed by atoms with Crippen molar-refractivity contribution in [3.05, 3.63) is 29.8 Å². The van der Waals surface area contributed by atoms with Gasteiger partial charge in [0.05, 0.1) is 4.90 Å². The van der Waals surface area contributed by atoms with Gasteiger partial charge in [-0.25, -0.2) is 8.42 Å². The van der Waals surface area contributed by atoms with Crippen LogP contribution >= 0.6 is 0 Å². The number of sulfone groups is 1. The highest BCUT2D eigenvalue weighted by atomic mass is 32.2. The maximum atomic E-state index is 11.3. The van der Waals surface area contributed by atoms with E-state index in [0.29, 0.717) is 11.8 Å². The summed E-state index contributed by atoms with van der Waals surface area (Å²) in [4.78, 5) is -0.0666. The molecule has 2 heterocycles. The molecule has 9 heteroatoms. The smallest absolute Gasteiger partial charge is 0.294 e. The monoisotopic (exact) mass is 362 g/mol. The fourth-order valence-electron chi connectivity index (χ4n) is 2.93. The van der Waals surface area contributed by atoms with Crippen molar-refractivity contribution in [1.29, 1.82) is 0 Å². The van der Waals surface area contributed by atoms with E-state index in [1.54, 1.807) is 12.1 Å². The van der Waals surface area contributed by atoms with Crippen LogP contribution in [0.2, 0.25) is 0 Å². The van der Waals surface area contributed by atoms with Gasteiger partial charge in [-0.1, -0.05) is 17.7 Å². The minimum absolute atomic E-state index is 0.0666. The van der Waals surface area contributed by atoms with Gasteiger partial charge < -0.3 is 10.6 Å². The Morgan fingerprint density at radius 3 is 2.17 bits per heavy atom. The van der Waals surface area contributed by atoms with Gasteiger partial charge in [0.2, 0.25) is 0 Å². The Balaban J connectivity index is 0.000000168. The van der Waals surface area contributed by atoms with Crippen molar-refractivity contribution in [2.45, 2.75) is 17.2 Å². The first-order valence-corrected chi connectivity index (χ1v) is 10.7. The summed E-state index contributed by atoms with van der Waals surface area (Å²) in [7, 11) is -6.93. The zero-order chi connectivity index (χ0) is 17.3. The molecule has 130 valence electrons. The molecule has 3 unspecified atom stereocenters. The van der Waals surface area contributed by atoms with Crippen LogP contribution in [0.15, 0.2) is 29.2 Å². The van der Waals surface area contributed by atoms with E-state index < -0.39 is 20.0 Å². The highest BCUT2D eigenvalue weighted by Crippen LogP contribution is 2.28. The molecule has 2 aliphatic rings. The molecule has 0 amide bonds. The van der Waals surface area contributed by atoms with E-state index in [4.69, 9.17) is 4.55 Å². The molecular weight excluding hydrogens is 340 g/mol. The van der Waals surface area contributed by atoms with E-state index in [2.05, 4.69) is 10.6 Å². The molecule has 23 heavy (non-hydrogen) atoms. The zero-order valence-electron chi connectivity index (χ0n) is 13.1. The van der Waals surface area contributed by atoms with Gasteiger partial charge >= 0.3 is 0 Å². The second kappa shape index (κ2) is 6.86. The quantitative estimate of drug-likeness (QED) is 0.637. The number of hydrogen-bond donors (Lipinski definition) is 3. The van der Waals surface area contributed by atoms with Crippen LogP contribution in [0.5, 0.6) is 0 Å². The van der Waals surface area contributed by atoms with Crippen LogP contribution in [-0.2, 0) is 20.0 Å². The third kappa shape index (κ3) is 4.74. The van der Waals surface area contributed by atoms with Gasteiger partial charge in [-0.3, -0.25) is 4.55 Å². The molecule has 0 spiro atoms. The Bertz CT molecular complexity index is 744. The predicted molar refractivity (Wildman–Crippen MR) is 87.5 cm³/mol. The third-order valence-corrected chi connectivity index (χ3v) is 6.45. The van der Waals surface area contributed by atoms with Gasteiger partial charge in [0.15, 0.2) is 9.84 Å². The molecule has 2 aliphatic heterocycles. The van der Waals surface area contributed by atoms with E-state index in [1.807, 2.05) is 6.92 Å². The summed E-state index contributed by atoms with van der Waals surface area (Å²) in [5.41, 5.74) is 0.956. The first kappa shape index (κ1) is 18.3. The second-order valence-electron chi connectivity index (χ2n) is 6.03. The van der Waals surface area contributed by atoms with Gasteiger partial charge in [0.1, 0.15) is 5.37 Å². The Kier molecular flexibility index (Phi) is 5.47. The molecule has 7 nitrogen and oxygen atoms in total. The van der Waals surface area contributed by atoms with Crippen molar-refractivity contribution in [3.8, 4) is 0 Å². The van der Waals surface area contributed by atoms with Crippen LogP contribution in [0.4, 0.5) is 0 Å². The summed E-state index contributed by atoms with van der Waals surface area (Å²) in [5.74, 6) is 0.810. The van der Waals surface area contributed by atoms with Crippen molar-refractivity contribution in [1.82, 2.24) is 10.6 Å². The largest absolute Gasteiger partial charge is 0.316 e. The van der Waals surface area contributed by atoms with Crippen molar-refractivity contribution in [2.75, 3.05) is 25.9 Å². The van der Waals surface area contributed by atoms with Gasteiger partial charge in [-0.2, -0.15) is 8.42 Å². The average molecular weight is 362 g/mol. The van der Waals surface area contributed by atoms with Crippen LogP contribution in [-0.4, -0.2) is 52.7 Å². The number of hydrogen-bond acceptors (Lipinski definition) is 6. The molecule has 1 aromatic rings. The SMILES string of the molecule is CS(=O)(=O)C1NCC2CNCC21.Cc1ccc(S(=O)(=O)O)cc1. The van der Waals surface area contributed by atoms with Crippen molar-refractivity contribution in [3.63, 3.8) is 0 Å². The minimum atomic E-state index is -4.02. The summed E-state index contributed by atoms with van der Waals surface area (Å²) < 4.78 is 52.1. The van der Waals surface area contributed by atoms with Crippen LogP contribution in [0, 0.1) is 18.8 Å². The van der Waals surface area contributed by atoms with E-state index >= 15 is 0 Å². The topological polar surface area (TPSA) is 113 Å². The number of aryl methyl sites for hydroxylation is 1. The van der Waals surface area contributed by atoms with Crippen LogP contribution < -0.4 is 10.6 Å². The molecule has 0 aromatic heterocycles. The van der Waals surface area contributed by atoms with Crippen LogP contribution in [0.3, 0.4) is 0 Å². The first-order valence-electron chi connectivity index (χ1n) is 7.26. The fourth-order valence-corrected chi connectivity index (χ4v) is 4.76. The van der Waals surface area contributed by atoms with Crippen LogP contribution in [0.1, 0.15) is 5.56 Å². The predicted octanol–water partition coefficient (Wildman–Crippen LogP) is 0.0376. The first-order chi connectivity index (χ1) is 10.6. The Hall–Kier alpha value is -1.00. The van der Waals surface area contributed by atoms with Gasteiger partial charge in [-0.05, 0) is 31.5 Å². The molecule has 0 radical (unpaired) electrons. The Labute approximate surface area is 137 Å². The fraction of sp³-hybridized carbons (Fsp3) is 0.571. The minimum Gasteiger partial charge on any atom is -0.316 e. The van der Waals surface area contributed by atoms with Crippen molar-refractivity contribution >= 4 is 20.0 Å². The molecule has 3 atom stereocenters. The normalized spacial score (nSPS) is 27.2. The summed E-state index contributed by atoms with van der Waals surface area (Å²) in [5, 5.41) is 5.98. The summed E-state index contributed by atoms with van der Waals surface area (Å²) in [6.07, 6.45) is 1.31. The highest BCUT2D eigenvalue weighted by Gasteiger charge is 2.43. The standard InChI is InChI=1S/C7H14N2O2S.C7H8O3S/c1-12(10,11)7-6-4-8-2-5(6)3-9-7;1-6-2-4-7(5-3-6)11(8,9)10/h5-9H,2-4H2,1H3;2-5H,1H3,(H,8,9,10).